The lowest BCUT2D eigenvalue weighted by Crippen LogP contribution is -2.35. The second-order valence-electron chi connectivity index (χ2n) is 8.74. The van der Waals surface area contributed by atoms with Gasteiger partial charge in [-0.25, -0.2) is 4.39 Å². The molecule has 4 rings (SSSR count). The van der Waals surface area contributed by atoms with Crippen molar-refractivity contribution in [2.45, 2.75) is 57.9 Å². The maximum atomic E-state index is 13.8. The van der Waals surface area contributed by atoms with Gasteiger partial charge in [0.2, 0.25) is 11.9 Å². The van der Waals surface area contributed by atoms with Gasteiger partial charge in [0, 0.05) is 25.2 Å². The summed E-state index contributed by atoms with van der Waals surface area (Å²) in [6.45, 7) is 5.94. The van der Waals surface area contributed by atoms with E-state index in [0.717, 1.165) is 32.6 Å². The lowest BCUT2D eigenvalue weighted by Gasteiger charge is -2.23. The van der Waals surface area contributed by atoms with Crippen LogP contribution >= 0.6 is 0 Å². The first-order valence-electron chi connectivity index (χ1n) is 11.8. The van der Waals surface area contributed by atoms with E-state index < -0.39 is 5.82 Å². The second-order valence-corrected chi connectivity index (χ2v) is 8.74. The Kier molecular flexibility index (Phi) is 7.57. The number of benzene rings is 1. The molecular weight excluding hydrogens is 409 g/mol. The molecule has 32 heavy (non-hydrogen) atoms. The highest BCUT2D eigenvalue weighted by Crippen LogP contribution is 2.26. The number of halogens is 1. The molecule has 4 N–H and O–H groups in total. The highest BCUT2D eigenvalue weighted by molar-refractivity contribution is 5.44. The summed E-state index contributed by atoms with van der Waals surface area (Å²) in [5.41, 5.74) is 5.64. The van der Waals surface area contributed by atoms with Gasteiger partial charge in [-0.05, 0) is 56.8 Å². The van der Waals surface area contributed by atoms with Gasteiger partial charge < -0.3 is 21.1 Å². The second kappa shape index (κ2) is 10.8. The Morgan fingerprint density at radius 3 is 2.50 bits per heavy atom. The first kappa shape index (κ1) is 22.5. The Morgan fingerprint density at radius 2 is 1.78 bits per heavy atom. The van der Waals surface area contributed by atoms with Crippen LogP contribution in [0, 0.1) is 11.7 Å². The topological polar surface area (TPSA) is 101 Å². The van der Waals surface area contributed by atoms with Crippen molar-refractivity contribution in [3.8, 4) is 11.8 Å². The summed E-state index contributed by atoms with van der Waals surface area (Å²) < 4.78 is 19.6. The maximum absolute atomic E-state index is 13.8. The van der Waals surface area contributed by atoms with E-state index in [0.29, 0.717) is 29.6 Å². The van der Waals surface area contributed by atoms with E-state index in [4.69, 9.17) is 10.5 Å². The molecule has 1 aliphatic carbocycles. The number of likely N-dealkylation sites (N-methyl/N-ethyl adjacent to an activating group) is 1. The van der Waals surface area contributed by atoms with Crippen molar-refractivity contribution in [1.29, 1.82) is 0 Å². The van der Waals surface area contributed by atoms with Crippen LogP contribution in [0.3, 0.4) is 0 Å². The summed E-state index contributed by atoms with van der Waals surface area (Å²) in [6.07, 6.45) is 8.71. The summed E-state index contributed by atoms with van der Waals surface area (Å²) in [6, 6.07) is 4.89. The zero-order chi connectivity index (χ0) is 22.3. The Labute approximate surface area is 189 Å². The quantitative estimate of drug-likeness (QED) is 0.494. The molecule has 1 aromatic carbocycles. The number of hydrogen-bond donors (Lipinski definition) is 3. The van der Waals surface area contributed by atoms with E-state index in [9.17, 15) is 4.39 Å². The number of aromatic nitrogens is 3. The molecule has 9 heteroatoms. The Hall–Kier alpha value is -2.68. The molecule has 0 amide bonds. The fourth-order valence-corrected chi connectivity index (χ4v) is 4.62. The van der Waals surface area contributed by atoms with Crippen LogP contribution < -0.4 is 21.1 Å². The number of nitrogens with two attached hydrogens (primary N) is 1. The summed E-state index contributed by atoms with van der Waals surface area (Å²) in [7, 11) is 0. The van der Waals surface area contributed by atoms with Crippen LogP contribution in [0.5, 0.6) is 11.8 Å². The van der Waals surface area contributed by atoms with Gasteiger partial charge >= 0.3 is 6.01 Å². The summed E-state index contributed by atoms with van der Waals surface area (Å²) in [5, 5.41) is 6.72. The lowest BCUT2D eigenvalue weighted by molar-refractivity contribution is 0.276. The van der Waals surface area contributed by atoms with Crippen molar-refractivity contribution < 1.29 is 9.13 Å². The van der Waals surface area contributed by atoms with Gasteiger partial charge in [0.25, 0.3) is 0 Å². The largest absolute Gasteiger partial charge is 0.424 e. The van der Waals surface area contributed by atoms with Crippen LogP contribution in [0.15, 0.2) is 18.2 Å². The average molecular weight is 444 g/mol. The predicted molar refractivity (Wildman–Crippen MR) is 125 cm³/mol. The molecule has 1 aliphatic heterocycles. The van der Waals surface area contributed by atoms with Crippen LogP contribution in [-0.2, 0) is 0 Å². The molecule has 1 atom stereocenters. The van der Waals surface area contributed by atoms with Gasteiger partial charge in [-0.3, -0.25) is 4.90 Å². The van der Waals surface area contributed by atoms with Crippen molar-refractivity contribution in [1.82, 2.24) is 19.9 Å². The number of nitrogens with zero attached hydrogens (tertiary/aromatic N) is 4. The van der Waals surface area contributed by atoms with Gasteiger partial charge in [-0.1, -0.05) is 26.2 Å². The van der Waals surface area contributed by atoms with E-state index in [-0.39, 0.29) is 11.7 Å². The summed E-state index contributed by atoms with van der Waals surface area (Å²) in [5.74, 6) is 1.31. The summed E-state index contributed by atoms with van der Waals surface area (Å²) in [4.78, 5) is 15.9. The number of ether oxygens (including phenoxy) is 1. The molecule has 0 radical (unpaired) electrons. The first-order valence-corrected chi connectivity index (χ1v) is 11.8. The monoisotopic (exact) mass is 443 g/mol. The number of rotatable bonds is 9. The van der Waals surface area contributed by atoms with Crippen LogP contribution in [-0.4, -0.2) is 52.1 Å². The molecule has 2 aromatic rings. The van der Waals surface area contributed by atoms with E-state index in [2.05, 4.69) is 37.4 Å². The predicted octanol–water partition coefficient (Wildman–Crippen LogP) is 4.27. The molecule has 0 spiro atoms. The Bertz CT molecular complexity index is 891. The average Bonchev–Trinajstić information content (AvgIpc) is 3.27. The SMILES string of the molecule is CCN1CCCC1CNc1nc(NCC2CCCCC2)nc(Oc2ccc(N)c(F)c2)n1. The molecule has 1 saturated heterocycles. The normalized spacial score (nSPS) is 19.8. The fraction of sp³-hybridized carbons (Fsp3) is 0.609. The Balaban J connectivity index is 1.47. The summed E-state index contributed by atoms with van der Waals surface area (Å²) >= 11 is 0. The zero-order valence-electron chi connectivity index (χ0n) is 18.8. The van der Waals surface area contributed by atoms with E-state index >= 15 is 0 Å². The minimum atomic E-state index is -0.536. The third-order valence-electron chi connectivity index (χ3n) is 6.47. The molecular formula is C23H34FN7O. The third kappa shape index (κ3) is 5.97. The van der Waals surface area contributed by atoms with Gasteiger partial charge in [0.05, 0.1) is 5.69 Å². The van der Waals surface area contributed by atoms with Gasteiger partial charge in [0.15, 0.2) is 0 Å². The maximum Gasteiger partial charge on any atom is 0.328 e. The van der Waals surface area contributed by atoms with Crippen LogP contribution in [0.2, 0.25) is 0 Å². The van der Waals surface area contributed by atoms with Crippen LogP contribution in [0.25, 0.3) is 0 Å². The fourth-order valence-electron chi connectivity index (χ4n) is 4.62. The van der Waals surface area contributed by atoms with Crippen LogP contribution in [0.4, 0.5) is 22.0 Å². The molecule has 2 heterocycles. The molecule has 2 aliphatic rings. The van der Waals surface area contributed by atoms with E-state index in [1.165, 1.54) is 50.7 Å². The molecule has 1 aromatic heterocycles. The molecule has 1 unspecified atom stereocenters. The zero-order valence-corrected chi connectivity index (χ0v) is 18.8. The third-order valence-corrected chi connectivity index (χ3v) is 6.47. The van der Waals surface area contributed by atoms with E-state index in [1.807, 2.05) is 0 Å². The molecule has 174 valence electrons. The number of likely N-dealkylation sites (tertiary alicyclic amines) is 1. The van der Waals surface area contributed by atoms with Crippen LogP contribution in [0.1, 0.15) is 51.9 Å². The molecule has 0 bridgehead atoms. The van der Waals surface area contributed by atoms with Gasteiger partial charge in [0.1, 0.15) is 11.6 Å². The molecule has 2 fully saturated rings. The van der Waals surface area contributed by atoms with Crippen molar-refractivity contribution >= 4 is 17.6 Å². The molecule has 1 saturated carbocycles. The number of anilines is 3. The number of nitrogens with one attached hydrogen (secondary N) is 2. The highest BCUT2D eigenvalue weighted by Gasteiger charge is 2.23. The number of hydrogen-bond acceptors (Lipinski definition) is 8. The van der Waals surface area contributed by atoms with Crippen molar-refractivity contribution in [2.75, 3.05) is 42.5 Å². The minimum absolute atomic E-state index is 0.0715. The van der Waals surface area contributed by atoms with Gasteiger partial charge in [-0.2, -0.15) is 15.0 Å². The highest BCUT2D eigenvalue weighted by atomic mass is 19.1. The lowest BCUT2D eigenvalue weighted by atomic mass is 9.89. The smallest absolute Gasteiger partial charge is 0.328 e. The van der Waals surface area contributed by atoms with E-state index in [1.54, 1.807) is 6.07 Å². The van der Waals surface area contributed by atoms with Crippen molar-refractivity contribution in [3.05, 3.63) is 24.0 Å². The standard InChI is InChI=1S/C23H34FN7O/c1-2-31-12-6-9-17(31)15-27-22-28-21(26-14-16-7-4-3-5-8-16)29-23(30-22)32-18-10-11-20(25)19(24)13-18/h10-11,13,16-17H,2-9,12,14-15,25H2,1H3,(H2,26,27,28,29,30). The van der Waals surface area contributed by atoms with Crippen molar-refractivity contribution in [2.24, 2.45) is 5.92 Å². The number of nitrogen functional groups attached to an aromatic ring is 1. The first-order chi connectivity index (χ1) is 15.6. The van der Waals surface area contributed by atoms with Gasteiger partial charge in [-0.15, -0.1) is 0 Å². The van der Waals surface area contributed by atoms with Crippen molar-refractivity contribution in [3.63, 3.8) is 0 Å². The Morgan fingerprint density at radius 1 is 1.03 bits per heavy atom. The molecule has 8 nitrogen and oxygen atoms in total. The minimum Gasteiger partial charge on any atom is -0.424 e.